The molecule has 0 radical (unpaired) electrons. The highest BCUT2D eigenvalue weighted by Crippen LogP contribution is 2.29. The maximum atomic E-state index is 6.03. The van der Waals surface area contributed by atoms with Gasteiger partial charge in [-0.05, 0) is 30.7 Å². The first-order valence-electron chi connectivity index (χ1n) is 5.79. The lowest BCUT2D eigenvalue weighted by molar-refractivity contribution is 0.669. The van der Waals surface area contributed by atoms with Crippen molar-refractivity contribution in [3.63, 3.8) is 0 Å². The minimum atomic E-state index is 0.586. The molecule has 1 aromatic rings. The molecule has 0 unspecified atom stereocenters. The Balaban J connectivity index is 2.72. The van der Waals surface area contributed by atoms with Crippen molar-refractivity contribution in [1.29, 1.82) is 0 Å². The van der Waals surface area contributed by atoms with Crippen molar-refractivity contribution in [2.24, 2.45) is 0 Å². The van der Waals surface area contributed by atoms with Gasteiger partial charge in [0, 0.05) is 21.7 Å². The van der Waals surface area contributed by atoms with Crippen LogP contribution in [0.15, 0.2) is 23.1 Å². The molecule has 0 aliphatic rings. The first-order chi connectivity index (χ1) is 7.63. The summed E-state index contributed by atoms with van der Waals surface area (Å²) in [5.74, 6) is 0. The number of hydrogen-bond acceptors (Lipinski definition) is 2. The molecule has 90 valence electrons. The minimum absolute atomic E-state index is 0.586. The summed E-state index contributed by atoms with van der Waals surface area (Å²) in [6, 6.07) is 6.15. The van der Waals surface area contributed by atoms with Gasteiger partial charge in [-0.25, -0.2) is 0 Å². The summed E-state index contributed by atoms with van der Waals surface area (Å²) in [5, 5.41) is 4.84. The molecule has 0 saturated heterocycles. The third-order valence-corrected chi connectivity index (χ3v) is 3.47. The lowest BCUT2D eigenvalue weighted by Gasteiger charge is -2.12. The summed E-state index contributed by atoms with van der Waals surface area (Å²) < 4.78 is 0. The monoisotopic (exact) mass is 257 g/mol. The molecule has 0 fully saturated rings. The van der Waals surface area contributed by atoms with Crippen molar-refractivity contribution in [3.8, 4) is 0 Å². The third kappa shape index (κ3) is 4.77. The highest BCUT2D eigenvalue weighted by atomic mass is 35.5. The van der Waals surface area contributed by atoms with E-state index in [1.807, 2.05) is 17.8 Å². The zero-order valence-electron chi connectivity index (χ0n) is 10.2. The van der Waals surface area contributed by atoms with E-state index in [4.69, 9.17) is 11.6 Å². The van der Waals surface area contributed by atoms with Gasteiger partial charge in [0.2, 0.25) is 0 Å². The van der Waals surface area contributed by atoms with Gasteiger partial charge in [0.25, 0.3) is 0 Å². The van der Waals surface area contributed by atoms with Crippen molar-refractivity contribution in [1.82, 2.24) is 5.32 Å². The lowest BCUT2D eigenvalue weighted by Crippen LogP contribution is -2.14. The Labute approximate surface area is 108 Å². The maximum absolute atomic E-state index is 6.03. The average Bonchev–Trinajstić information content (AvgIpc) is 2.20. The molecule has 0 aromatic heterocycles. The van der Waals surface area contributed by atoms with E-state index >= 15 is 0 Å². The van der Waals surface area contributed by atoms with Crippen LogP contribution in [0.2, 0.25) is 5.02 Å². The number of benzene rings is 1. The van der Waals surface area contributed by atoms with Crippen LogP contribution in [0, 0.1) is 0 Å². The van der Waals surface area contributed by atoms with Crippen LogP contribution in [0.25, 0.3) is 0 Å². The van der Waals surface area contributed by atoms with E-state index in [9.17, 15) is 0 Å². The molecular formula is C13H20ClNS. The average molecular weight is 258 g/mol. The van der Waals surface area contributed by atoms with E-state index in [1.165, 1.54) is 16.9 Å². The molecule has 0 bridgehead atoms. The summed E-state index contributed by atoms with van der Waals surface area (Å²) in [6.07, 6.45) is 1.17. The van der Waals surface area contributed by atoms with Gasteiger partial charge in [-0.3, -0.25) is 0 Å². The lowest BCUT2D eigenvalue weighted by atomic mass is 10.2. The van der Waals surface area contributed by atoms with Crippen LogP contribution in [-0.2, 0) is 6.54 Å². The molecule has 0 aliphatic carbocycles. The normalized spacial score (nSPS) is 11.1. The van der Waals surface area contributed by atoms with Gasteiger partial charge < -0.3 is 5.32 Å². The van der Waals surface area contributed by atoms with Crippen molar-refractivity contribution in [3.05, 3.63) is 28.8 Å². The zero-order chi connectivity index (χ0) is 12.0. The molecule has 0 heterocycles. The van der Waals surface area contributed by atoms with Crippen LogP contribution in [0.1, 0.15) is 32.8 Å². The SMILES string of the molecule is CCCNCc1ccc(Cl)cc1SC(C)C. The Morgan fingerprint density at radius 3 is 2.75 bits per heavy atom. The Morgan fingerprint density at radius 1 is 1.38 bits per heavy atom. The van der Waals surface area contributed by atoms with E-state index in [0.717, 1.165) is 18.1 Å². The van der Waals surface area contributed by atoms with E-state index in [2.05, 4.69) is 38.2 Å². The summed E-state index contributed by atoms with van der Waals surface area (Å²) in [4.78, 5) is 1.30. The first kappa shape index (κ1) is 13.9. The fraction of sp³-hybridized carbons (Fsp3) is 0.538. The van der Waals surface area contributed by atoms with Gasteiger partial charge in [0.05, 0.1) is 0 Å². The van der Waals surface area contributed by atoms with Crippen LogP contribution in [0.3, 0.4) is 0 Å². The van der Waals surface area contributed by atoms with Gasteiger partial charge in [-0.15, -0.1) is 11.8 Å². The molecule has 0 spiro atoms. The maximum Gasteiger partial charge on any atom is 0.0417 e. The predicted molar refractivity (Wildman–Crippen MR) is 74.4 cm³/mol. The van der Waals surface area contributed by atoms with Crippen LogP contribution in [0.4, 0.5) is 0 Å². The summed E-state index contributed by atoms with van der Waals surface area (Å²) >= 11 is 7.90. The molecule has 16 heavy (non-hydrogen) atoms. The number of rotatable bonds is 6. The van der Waals surface area contributed by atoms with Crippen molar-refractivity contribution in [2.75, 3.05) is 6.54 Å². The Hall–Kier alpha value is -0.180. The largest absolute Gasteiger partial charge is 0.313 e. The second-order valence-corrected chi connectivity index (χ2v) is 6.15. The second-order valence-electron chi connectivity index (χ2n) is 4.10. The zero-order valence-corrected chi connectivity index (χ0v) is 11.8. The summed E-state index contributed by atoms with van der Waals surface area (Å²) in [6.45, 7) is 8.58. The fourth-order valence-electron chi connectivity index (χ4n) is 1.44. The Morgan fingerprint density at radius 2 is 2.12 bits per heavy atom. The van der Waals surface area contributed by atoms with Gasteiger partial charge in [0.15, 0.2) is 0 Å². The quantitative estimate of drug-likeness (QED) is 0.601. The van der Waals surface area contributed by atoms with Gasteiger partial charge in [0.1, 0.15) is 0 Å². The molecular weight excluding hydrogens is 238 g/mol. The topological polar surface area (TPSA) is 12.0 Å². The van der Waals surface area contributed by atoms with E-state index in [-0.39, 0.29) is 0 Å². The smallest absolute Gasteiger partial charge is 0.0417 e. The molecule has 0 atom stereocenters. The Kier molecular flexibility index (Phi) is 6.25. The molecule has 0 aliphatic heterocycles. The van der Waals surface area contributed by atoms with Crippen molar-refractivity contribution >= 4 is 23.4 Å². The number of thioether (sulfide) groups is 1. The van der Waals surface area contributed by atoms with Crippen LogP contribution in [-0.4, -0.2) is 11.8 Å². The second kappa shape index (κ2) is 7.21. The van der Waals surface area contributed by atoms with E-state index in [0.29, 0.717) is 5.25 Å². The predicted octanol–water partition coefficient (Wildman–Crippen LogP) is 4.34. The molecule has 0 amide bonds. The summed E-state index contributed by atoms with van der Waals surface area (Å²) in [7, 11) is 0. The van der Waals surface area contributed by atoms with Crippen LogP contribution in [0.5, 0.6) is 0 Å². The van der Waals surface area contributed by atoms with Crippen LogP contribution < -0.4 is 5.32 Å². The molecule has 1 rings (SSSR count). The molecule has 0 saturated carbocycles. The highest BCUT2D eigenvalue weighted by Gasteiger charge is 2.06. The summed E-state index contributed by atoms with van der Waals surface area (Å²) in [5.41, 5.74) is 1.34. The Bertz CT molecular complexity index is 326. The fourth-order valence-corrected chi connectivity index (χ4v) is 2.67. The van der Waals surface area contributed by atoms with E-state index < -0.39 is 0 Å². The number of halogens is 1. The molecule has 3 heteroatoms. The highest BCUT2D eigenvalue weighted by molar-refractivity contribution is 8.00. The van der Waals surface area contributed by atoms with Crippen molar-refractivity contribution in [2.45, 2.75) is 43.9 Å². The first-order valence-corrected chi connectivity index (χ1v) is 7.05. The third-order valence-electron chi connectivity index (χ3n) is 2.13. The van der Waals surface area contributed by atoms with E-state index in [1.54, 1.807) is 0 Å². The minimum Gasteiger partial charge on any atom is -0.313 e. The number of nitrogens with one attached hydrogen (secondary N) is 1. The molecule has 1 nitrogen and oxygen atoms in total. The molecule has 1 N–H and O–H groups in total. The standard InChI is InChI=1S/C13H20ClNS/c1-4-7-15-9-11-5-6-12(14)8-13(11)16-10(2)3/h5-6,8,10,15H,4,7,9H2,1-3H3. The van der Waals surface area contributed by atoms with Gasteiger partial charge in [-0.1, -0.05) is 38.4 Å². The number of hydrogen-bond donors (Lipinski definition) is 1. The van der Waals surface area contributed by atoms with Crippen LogP contribution >= 0.6 is 23.4 Å². The van der Waals surface area contributed by atoms with Gasteiger partial charge in [-0.2, -0.15) is 0 Å². The van der Waals surface area contributed by atoms with Gasteiger partial charge >= 0.3 is 0 Å². The molecule has 1 aromatic carbocycles. The van der Waals surface area contributed by atoms with Crippen molar-refractivity contribution < 1.29 is 0 Å².